The minimum atomic E-state index is 0.748. The van der Waals surface area contributed by atoms with Crippen LogP contribution in [0.2, 0.25) is 0 Å². The van der Waals surface area contributed by atoms with Crippen molar-refractivity contribution < 1.29 is 0 Å². The molecule has 0 unspecified atom stereocenters. The number of pyridine rings is 1. The number of benzene rings is 1. The van der Waals surface area contributed by atoms with Crippen molar-refractivity contribution in [2.45, 2.75) is 6.92 Å². The van der Waals surface area contributed by atoms with E-state index in [0.717, 1.165) is 33.1 Å². The van der Waals surface area contributed by atoms with E-state index in [1.807, 2.05) is 36.4 Å². The molecular weight excluding hydrogens is 304 g/mol. The zero-order valence-corrected chi connectivity index (χ0v) is 13.3. The smallest absolute Gasteiger partial charge is 0.172 e. The van der Waals surface area contributed by atoms with Gasteiger partial charge in [0.05, 0.1) is 10.4 Å². The minimum absolute atomic E-state index is 0.748. The Labute approximate surface area is 137 Å². The predicted molar refractivity (Wildman–Crippen MR) is 95.1 cm³/mol. The molecule has 112 valence electrons. The Morgan fingerprint density at radius 2 is 1.74 bits per heavy atom. The summed E-state index contributed by atoms with van der Waals surface area (Å²) in [5, 5.41) is 4.38. The van der Waals surface area contributed by atoms with Gasteiger partial charge < -0.3 is 5.32 Å². The Morgan fingerprint density at radius 1 is 0.913 bits per heavy atom. The van der Waals surface area contributed by atoms with Gasteiger partial charge in [-0.05, 0) is 43.3 Å². The molecule has 4 rings (SSSR count). The number of rotatable bonds is 3. The van der Waals surface area contributed by atoms with Crippen LogP contribution in [0.3, 0.4) is 0 Å². The fraction of sp³-hybridized carbons (Fsp3) is 0.0556. The molecule has 0 saturated carbocycles. The second-order valence-electron chi connectivity index (χ2n) is 5.18. The number of nitrogens with one attached hydrogen (secondary N) is 1. The van der Waals surface area contributed by atoms with Crippen LogP contribution in [0.4, 0.5) is 11.5 Å². The zero-order chi connectivity index (χ0) is 15.6. The molecule has 3 aromatic heterocycles. The minimum Gasteiger partial charge on any atom is -0.340 e. The molecule has 0 aliphatic rings. The summed E-state index contributed by atoms with van der Waals surface area (Å²) in [4.78, 5) is 15.8. The lowest BCUT2D eigenvalue weighted by Gasteiger charge is -2.10. The first-order valence-electron chi connectivity index (χ1n) is 7.30. The molecular formula is C18H14N4S. The van der Waals surface area contributed by atoms with E-state index in [9.17, 15) is 0 Å². The molecule has 1 N–H and O–H groups in total. The van der Waals surface area contributed by atoms with Crippen LogP contribution in [0.1, 0.15) is 4.88 Å². The first-order valence-corrected chi connectivity index (χ1v) is 8.12. The van der Waals surface area contributed by atoms with Gasteiger partial charge in [0, 0.05) is 28.3 Å². The van der Waals surface area contributed by atoms with Crippen LogP contribution >= 0.6 is 11.3 Å². The molecule has 0 aliphatic carbocycles. The summed E-state index contributed by atoms with van der Waals surface area (Å²) in [6.45, 7) is 2.09. The molecule has 4 nitrogen and oxygen atoms in total. The Morgan fingerprint density at radius 3 is 2.52 bits per heavy atom. The average Bonchev–Trinajstić information content (AvgIpc) is 3.02. The van der Waals surface area contributed by atoms with Crippen molar-refractivity contribution in [3.63, 3.8) is 0 Å². The normalized spacial score (nSPS) is 10.8. The molecule has 3 heterocycles. The van der Waals surface area contributed by atoms with E-state index in [1.54, 1.807) is 23.7 Å². The van der Waals surface area contributed by atoms with Crippen LogP contribution in [0.15, 0.2) is 60.9 Å². The Kier molecular flexibility index (Phi) is 3.48. The number of aryl methyl sites for hydroxylation is 1. The topological polar surface area (TPSA) is 50.7 Å². The van der Waals surface area contributed by atoms with Gasteiger partial charge in [0.2, 0.25) is 0 Å². The molecule has 5 heteroatoms. The second kappa shape index (κ2) is 5.78. The Bertz CT molecular complexity index is 963. The first-order chi connectivity index (χ1) is 11.3. The van der Waals surface area contributed by atoms with Crippen molar-refractivity contribution in [2.24, 2.45) is 0 Å². The highest BCUT2D eigenvalue weighted by atomic mass is 32.1. The van der Waals surface area contributed by atoms with Crippen molar-refractivity contribution in [1.82, 2.24) is 15.0 Å². The van der Waals surface area contributed by atoms with Crippen LogP contribution in [-0.2, 0) is 0 Å². The summed E-state index contributed by atoms with van der Waals surface area (Å²) in [7, 11) is 0. The number of para-hydroxylation sites is 1. The fourth-order valence-corrected chi connectivity index (χ4v) is 3.21. The lowest BCUT2D eigenvalue weighted by molar-refractivity contribution is 1.23. The first kappa shape index (κ1) is 13.8. The zero-order valence-electron chi connectivity index (χ0n) is 12.5. The largest absolute Gasteiger partial charge is 0.340 e. The fourth-order valence-electron chi connectivity index (χ4n) is 2.41. The van der Waals surface area contributed by atoms with Gasteiger partial charge in [-0.2, -0.15) is 0 Å². The summed E-state index contributed by atoms with van der Waals surface area (Å²) in [5.41, 5.74) is 1.89. The third-order valence-electron chi connectivity index (χ3n) is 3.51. The predicted octanol–water partition coefficient (Wildman–Crippen LogP) is 4.81. The molecule has 0 saturated heterocycles. The number of anilines is 2. The monoisotopic (exact) mass is 318 g/mol. The lowest BCUT2D eigenvalue weighted by atomic mass is 10.2. The van der Waals surface area contributed by atoms with Crippen LogP contribution in [-0.4, -0.2) is 15.0 Å². The summed E-state index contributed by atoms with van der Waals surface area (Å²) in [6.07, 6.45) is 3.52. The van der Waals surface area contributed by atoms with Crippen LogP contribution in [0.25, 0.3) is 21.6 Å². The van der Waals surface area contributed by atoms with Gasteiger partial charge in [-0.3, -0.25) is 4.98 Å². The molecule has 4 aromatic rings. The highest BCUT2D eigenvalue weighted by Gasteiger charge is 2.10. The lowest BCUT2D eigenvalue weighted by Crippen LogP contribution is -1.98. The number of fused-ring (bicyclic) bond motifs is 1. The van der Waals surface area contributed by atoms with E-state index in [1.165, 1.54) is 4.88 Å². The van der Waals surface area contributed by atoms with Crippen molar-refractivity contribution in [3.8, 4) is 10.7 Å². The molecule has 0 bridgehead atoms. The van der Waals surface area contributed by atoms with Gasteiger partial charge >= 0.3 is 0 Å². The number of aromatic nitrogens is 3. The van der Waals surface area contributed by atoms with Gasteiger partial charge in [0.15, 0.2) is 5.82 Å². The molecule has 0 aliphatic heterocycles. The molecule has 0 amide bonds. The van der Waals surface area contributed by atoms with Crippen molar-refractivity contribution in [1.29, 1.82) is 0 Å². The third kappa shape index (κ3) is 2.78. The third-order valence-corrected chi connectivity index (χ3v) is 4.50. The van der Waals surface area contributed by atoms with E-state index in [2.05, 4.69) is 29.4 Å². The highest BCUT2D eigenvalue weighted by molar-refractivity contribution is 7.15. The molecule has 23 heavy (non-hydrogen) atoms. The highest BCUT2D eigenvalue weighted by Crippen LogP contribution is 2.30. The van der Waals surface area contributed by atoms with E-state index in [-0.39, 0.29) is 0 Å². The van der Waals surface area contributed by atoms with Gasteiger partial charge in [0.1, 0.15) is 5.82 Å². The van der Waals surface area contributed by atoms with Crippen LogP contribution in [0.5, 0.6) is 0 Å². The Balaban J connectivity index is 1.87. The van der Waals surface area contributed by atoms with Crippen LogP contribution < -0.4 is 5.32 Å². The van der Waals surface area contributed by atoms with Crippen LogP contribution in [0, 0.1) is 6.92 Å². The van der Waals surface area contributed by atoms with Gasteiger partial charge in [-0.25, -0.2) is 9.97 Å². The van der Waals surface area contributed by atoms with E-state index < -0.39 is 0 Å². The van der Waals surface area contributed by atoms with Crippen molar-refractivity contribution in [2.75, 3.05) is 5.32 Å². The summed E-state index contributed by atoms with van der Waals surface area (Å²) in [6, 6.07) is 16.0. The van der Waals surface area contributed by atoms with E-state index in [0.29, 0.717) is 0 Å². The summed E-state index contributed by atoms with van der Waals surface area (Å²) >= 11 is 1.70. The molecule has 1 aromatic carbocycles. The molecule has 0 atom stereocenters. The summed E-state index contributed by atoms with van der Waals surface area (Å²) < 4.78 is 0. The van der Waals surface area contributed by atoms with E-state index >= 15 is 0 Å². The second-order valence-corrected chi connectivity index (χ2v) is 6.47. The maximum atomic E-state index is 4.75. The van der Waals surface area contributed by atoms with Crippen molar-refractivity contribution in [3.05, 3.63) is 65.8 Å². The van der Waals surface area contributed by atoms with Gasteiger partial charge in [0.25, 0.3) is 0 Å². The van der Waals surface area contributed by atoms with E-state index in [4.69, 9.17) is 9.97 Å². The SMILES string of the molecule is Cc1ccc(-c2nc(Nc3ccncc3)c3ccccc3n2)s1. The molecule has 0 fully saturated rings. The number of hydrogen-bond donors (Lipinski definition) is 1. The van der Waals surface area contributed by atoms with Gasteiger partial charge in [-0.1, -0.05) is 12.1 Å². The molecule has 0 spiro atoms. The average molecular weight is 318 g/mol. The quantitative estimate of drug-likeness (QED) is 0.589. The maximum Gasteiger partial charge on any atom is 0.172 e. The summed E-state index contributed by atoms with van der Waals surface area (Å²) in [5.74, 6) is 1.56. The number of hydrogen-bond acceptors (Lipinski definition) is 5. The number of nitrogens with zero attached hydrogens (tertiary/aromatic N) is 3. The number of thiophene rings is 1. The van der Waals surface area contributed by atoms with Crippen molar-refractivity contribution >= 4 is 33.7 Å². The maximum absolute atomic E-state index is 4.75. The standard InChI is InChI=1S/C18H14N4S/c1-12-6-7-16(23-12)18-21-15-5-3-2-4-14(15)17(22-18)20-13-8-10-19-11-9-13/h2-11H,1H3,(H,19,20,21,22). The van der Waals surface area contributed by atoms with Gasteiger partial charge in [-0.15, -0.1) is 11.3 Å². The Hall–Kier alpha value is -2.79. The molecule has 0 radical (unpaired) electrons.